The standard InChI is InChI=1S/C13H23NS/c1-11(2)5-4-7-14-12(3)9-13-6-8-15-10-13/h6,8,10-12,14H,4-5,7,9H2,1-3H3. The van der Waals surface area contributed by atoms with E-state index < -0.39 is 0 Å². The fourth-order valence-corrected chi connectivity index (χ4v) is 2.37. The lowest BCUT2D eigenvalue weighted by Crippen LogP contribution is -2.28. The van der Waals surface area contributed by atoms with Gasteiger partial charge in [0.2, 0.25) is 0 Å². The fourth-order valence-electron chi connectivity index (χ4n) is 1.69. The predicted molar refractivity (Wildman–Crippen MR) is 69.6 cm³/mol. The molecule has 0 aliphatic rings. The van der Waals surface area contributed by atoms with E-state index in [0.717, 1.165) is 18.9 Å². The summed E-state index contributed by atoms with van der Waals surface area (Å²) >= 11 is 1.79. The second-order valence-electron chi connectivity index (χ2n) is 4.73. The minimum absolute atomic E-state index is 0.603. The number of rotatable bonds is 7. The van der Waals surface area contributed by atoms with Gasteiger partial charge >= 0.3 is 0 Å². The molecule has 0 saturated heterocycles. The Hall–Kier alpha value is -0.340. The van der Waals surface area contributed by atoms with E-state index >= 15 is 0 Å². The number of hydrogen-bond acceptors (Lipinski definition) is 2. The van der Waals surface area contributed by atoms with Crippen LogP contribution >= 0.6 is 11.3 Å². The molecule has 0 aromatic carbocycles. The van der Waals surface area contributed by atoms with Gasteiger partial charge in [0.1, 0.15) is 0 Å². The first kappa shape index (κ1) is 12.7. The molecule has 2 heteroatoms. The molecule has 1 aromatic heterocycles. The second kappa shape index (κ2) is 7.02. The molecule has 0 radical (unpaired) electrons. The first-order chi connectivity index (χ1) is 7.18. The average Bonchev–Trinajstić information content (AvgIpc) is 2.64. The molecule has 15 heavy (non-hydrogen) atoms. The maximum absolute atomic E-state index is 3.58. The van der Waals surface area contributed by atoms with Crippen molar-refractivity contribution in [1.82, 2.24) is 5.32 Å². The van der Waals surface area contributed by atoms with Crippen LogP contribution in [0.25, 0.3) is 0 Å². The lowest BCUT2D eigenvalue weighted by Gasteiger charge is -2.13. The van der Waals surface area contributed by atoms with Gasteiger partial charge in [0.05, 0.1) is 0 Å². The average molecular weight is 225 g/mol. The van der Waals surface area contributed by atoms with Gasteiger partial charge in [-0.2, -0.15) is 11.3 Å². The topological polar surface area (TPSA) is 12.0 Å². The smallest absolute Gasteiger partial charge is 0.00794 e. The molecule has 1 unspecified atom stereocenters. The van der Waals surface area contributed by atoms with Crippen molar-refractivity contribution < 1.29 is 0 Å². The molecular formula is C13H23NS. The van der Waals surface area contributed by atoms with Crippen molar-refractivity contribution in [2.75, 3.05) is 6.54 Å². The summed E-state index contributed by atoms with van der Waals surface area (Å²) in [6, 6.07) is 2.82. The van der Waals surface area contributed by atoms with E-state index in [4.69, 9.17) is 0 Å². The summed E-state index contributed by atoms with van der Waals surface area (Å²) in [4.78, 5) is 0. The first-order valence-electron chi connectivity index (χ1n) is 5.93. The Bertz CT molecular complexity index is 241. The zero-order valence-electron chi connectivity index (χ0n) is 10.1. The van der Waals surface area contributed by atoms with Crippen LogP contribution in [0.2, 0.25) is 0 Å². The highest BCUT2D eigenvalue weighted by atomic mass is 32.1. The van der Waals surface area contributed by atoms with Crippen LogP contribution in [0.3, 0.4) is 0 Å². The molecule has 0 aliphatic carbocycles. The molecule has 1 aromatic rings. The molecule has 1 nitrogen and oxygen atoms in total. The van der Waals surface area contributed by atoms with E-state index in [1.807, 2.05) is 0 Å². The highest BCUT2D eigenvalue weighted by Gasteiger charge is 2.02. The number of hydrogen-bond donors (Lipinski definition) is 1. The van der Waals surface area contributed by atoms with Crippen molar-refractivity contribution in [2.45, 2.75) is 46.1 Å². The van der Waals surface area contributed by atoms with Gasteiger partial charge in [-0.3, -0.25) is 0 Å². The molecule has 0 fully saturated rings. The summed E-state index contributed by atoms with van der Waals surface area (Å²) in [5.74, 6) is 0.832. The van der Waals surface area contributed by atoms with Crippen molar-refractivity contribution >= 4 is 11.3 Å². The third-order valence-electron chi connectivity index (χ3n) is 2.57. The van der Waals surface area contributed by atoms with Crippen LogP contribution < -0.4 is 5.32 Å². The molecule has 86 valence electrons. The summed E-state index contributed by atoms with van der Waals surface area (Å²) in [6.07, 6.45) is 3.79. The van der Waals surface area contributed by atoms with Crippen LogP contribution in [-0.2, 0) is 6.42 Å². The highest BCUT2D eigenvalue weighted by Crippen LogP contribution is 2.08. The quantitative estimate of drug-likeness (QED) is 0.698. The van der Waals surface area contributed by atoms with E-state index in [0.29, 0.717) is 6.04 Å². The van der Waals surface area contributed by atoms with Crippen LogP contribution in [0.5, 0.6) is 0 Å². The van der Waals surface area contributed by atoms with Crippen LogP contribution in [0.1, 0.15) is 39.2 Å². The monoisotopic (exact) mass is 225 g/mol. The Morgan fingerprint density at radius 1 is 1.33 bits per heavy atom. The summed E-state index contributed by atoms with van der Waals surface area (Å²) in [6.45, 7) is 8.00. The van der Waals surface area contributed by atoms with Gasteiger partial charge in [-0.25, -0.2) is 0 Å². The maximum atomic E-state index is 3.58. The maximum Gasteiger partial charge on any atom is 0.00794 e. The molecule has 1 N–H and O–H groups in total. The molecule has 0 bridgehead atoms. The third kappa shape index (κ3) is 5.95. The van der Waals surface area contributed by atoms with E-state index in [2.05, 4.69) is 42.9 Å². The van der Waals surface area contributed by atoms with E-state index in [-0.39, 0.29) is 0 Å². The van der Waals surface area contributed by atoms with Gasteiger partial charge in [-0.15, -0.1) is 0 Å². The van der Waals surface area contributed by atoms with Crippen LogP contribution in [0, 0.1) is 5.92 Å². The molecule has 0 aliphatic heterocycles. The second-order valence-corrected chi connectivity index (χ2v) is 5.51. The Labute approximate surface area is 97.9 Å². The van der Waals surface area contributed by atoms with Crippen molar-refractivity contribution in [3.05, 3.63) is 22.4 Å². The van der Waals surface area contributed by atoms with Crippen molar-refractivity contribution in [3.63, 3.8) is 0 Å². The zero-order valence-corrected chi connectivity index (χ0v) is 10.9. The SMILES string of the molecule is CC(C)CCCNC(C)Cc1ccsc1. The first-order valence-corrected chi connectivity index (χ1v) is 6.87. The minimum Gasteiger partial charge on any atom is -0.314 e. The summed E-state index contributed by atoms with van der Waals surface area (Å²) in [7, 11) is 0. The molecule has 0 saturated carbocycles. The Balaban J connectivity index is 2.06. The van der Waals surface area contributed by atoms with Crippen LogP contribution in [-0.4, -0.2) is 12.6 Å². The van der Waals surface area contributed by atoms with Crippen LogP contribution in [0.15, 0.2) is 16.8 Å². The third-order valence-corrected chi connectivity index (χ3v) is 3.31. The van der Waals surface area contributed by atoms with Gasteiger partial charge in [-0.05, 0) is 61.0 Å². The summed E-state index contributed by atoms with van der Waals surface area (Å²) in [5, 5.41) is 7.98. The van der Waals surface area contributed by atoms with Crippen molar-refractivity contribution in [1.29, 1.82) is 0 Å². The van der Waals surface area contributed by atoms with Gasteiger partial charge < -0.3 is 5.32 Å². The van der Waals surface area contributed by atoms with Gasteiger partial charge in [-0.1, -0.05) is 13.8 Å². The van der Waals surface area contributed by atoms with Crippen molar-refractivity contribution in [3.8, 4) is 0 Å². The zero-order chi connectivity index (χ0) is 11.1. The Kier molecular flexibility index (Phi) is 5.96. The fraction of sp³-hybridized carbons (Fsp3) is 0.692. The molecule has 1 rings (SSSR count). The van der Waals surface area contributed by atoms with Gasteiger partial charge in [0.15, 0.2) is 0 Å². The predicted octanol–water partition coefficient (Wildman–Crippen LogP) is 3.70. The summed E-state index contributed by atoms with van der Waals surface area (Å²) < 4.78 is 0. The number of thiophene rings is 1. The highest BCUT2D eigenvalue weighted by molar-refractivity contribution is 7.07. The molecular weight excluding hydrogens is 202 g/mol. The lowest BCUT2D eigenvalue weighted by molar-refractivity contribution is 0.487. The van der Waals surface area contributed by atoms with E-state index in [1.54, 1.807) is 11.3 Å². The lowest BCUT2D eigenvalue weighted by atomic mass is 10.1. The van der Waals surface area contributed by atoms with Gasteiger partial charge in [0, 0.05) is 6.04 Å². The summed E-state index contributed by atoms with van der Waals surface area (Å²) in [5.41, 5.74) is 1.46. The Morgan fingerprint density at radius 3 is 2.73 bits per heavy atom. The minimum atomic E-state index is 0.603. The molecule has 0 amide bonds. The van der Waals surface area contributed by atoms with E-state index in [9.17, 15) is 0 Å². The van der Waals surface area contributed by atoms with E-state index in [1.165, 1.54) is 18.4 Å². The number of nitrogens with one attached hydrogen (secondary N) is 1. The molecule has 1 atom stereocenters. The molecule has 0 spiro atoms. The Morgan fingerprint density at radius 2 is 2.13 bits per heavy atom. The van der Waals surface area contributed by atoms with Crippen LogP contribution in [0.4, 0.5) is 0 Å². The molecule has 1 heterocycles. The van der Waals surface area contributed by atoms with Gasteiger partial charge in [0.25, 0.3) is 0 Å². The van der Waals surface area contributed by atoms with Crippen molar-refractivity contribution in [2.24, 2.45) is 5.92 Å². The largest absolute Gasteiger partial charge is 0.314 e. The normalized spacial score (nSPS) is 13.3.